The van der Waals surface area contributed by atoms with Crippen LogP contribution in [0.25, 0.3) is 16.9 Å². The number of hydrogen-bond donors (Lipinski definition) is 0. The van der Waals surface area contributed by atoms with Crippen molar-refractivity contribution >= 4 is 17.2 Å². The summed E-state index contributed by atoms with van der Waals surface area (Å²) in [4.78, 5) is 18.1. The van der Waals surface area contributed by atoms with Gasteiger partial charge in [-0.05, 0) is 49.7 Å². The Hall–Kier alpha value is -3.81. The van der Waals surface area contributed by atoms with Gasteiger partial charge in [0.1, 0.15) is 17.7 Å². The monoisotopic (exact) mass is 434 g/mol. The van der Waals surface area contributed by atoms with Crippen LogP contribution >= 0.6 is 0 Å². The number of fused-ring (bicyclic) bond motifs is 1. The van der Waals surface area contributed by atoms with Gasteiger partial charge < -0.3 is 9.64 Å². The number of ether oxygens (including phenoxy) is 1. The molecule has 1 aliphatic rings. The summed E-state index contributed by atoms with van der Waals surface area (Å²) in [6.07, 6.45) is 2.43. The number of aromatic nitrogens is 3. The zero-order chi connectivity index (χ0) is 22.2. The van der Waals surface area contributed by atoms with E-state index in [1.165, 1.54) is 0 Å². The Labute approximate surface area is 183 Å². The first-order valence-electron chi connectivity index (χ1n) is 10.4. The number of nitrogens with zero attached hydrogens (tertiary/aromatic N) is 4. The van der Waals surface area contributed by atoms with Crippen molar-refractivity contribution in [3.05, 3.63) is 78.0 Å². The summed E-state index contributed by atoms with van der Waals surface area (Å²) in [6, 6.07) is 14.3. The molecule has 8 heteroatoms. The molecule has 2 aromatic carbocycles. The zero-order valence-electron chi connectivity index (χ0n) is 17.3. The Morgan fingerprint density at radius 2 is 1.88 bits per heavy atom. The van der Waals surface area contributed by atoms with Gasteiger partial charge in [0.05, 0.1) is 11.9 Å². The quantitative estimate of drug-likeness (QED) is 0.446. The van der Waals surface area contributed by atoms with E-state index in [0.717, 1.165) is 48.1 Å². The van der Waals surface area contributed by atoms with Crippen LogP contribution < -0.4 is 9.64 Å². The van der Waals surface area contributed by atoms with Gasteiger partial charge in [-0.15, -0.1) is 5.10 Å². The van der Waals surface area contributed by atoms with Crippen molar-refractivity contribution in [1.29, 1.82) is 0 Å². The summed E-state index contributed by atoms with van der Waals surface area (Å²) in [5.41, 5.74) is 3.23. The molecule has 1 amide bonds. The number of imidazole rings is 1. The van der Waals surface area contributed by atoms with E-state index in [9.17, 15) is 13.6 Å². The van der Waals surface area contributed by atoms with Crippen molar-refractivity contribution in [3.63, 3.8) is 0 Å². The van der Waals surface area contributed by atoms with E-state index in [4.69, 9.17) is 4.74 Å². The number of amides is 1. The van der Waals surface area contributed by atoms with E-state index in [1.807, 2.05) is 24.3 Å². The van der Waals surface area contributed by atoms with Crippen LogP contribution in [0, 0.1) is 11.6 Å². The van der Waals surface area contributed by atoms with E-state index >= 15 is 0 Å². The molecule has 1 unspecified atom stereocenters. The molecule has 5 rings (SSSR count). The second-order valence-electron chi connectivity index (χ2n) is 7.71. The van der Waals surface area contributed by atoms with Crippen LogP contribution in [0.2, 0.25) is 0 Å². The third-order valence-corrected chi connectivity index (χ3v) is 5.58. The highest BCUT2D eigenvalue weighted by Crippen LogP contribution is 2.28. The normalized spacial score (nSPS) is 14.8. The minimum Gasteiger partial charge on any atom is -0.469 e. The first-order chi connectivity index (χ1) is 15.5. The number of carbonyl (C=O) groups excluding carboxylic acids is 1. The van der Waals surface area contributed by atoms with Crippen LogP contribution in [0.4, 0.5) is 14.5 Å². The Morgan fingerprint density at radius 3 is 2.62 bits per heavy atom. The van der Waals surface area contributed by atoms with Gasteiger partial charge in [-0.1, -0.05) is 12.1 Å². The summed E-state index contributed by atoms with van der Waals surface area (Å²) >= 11 is 0. The molecule has 0 aliphatic carbocycles. The summed E-state index contributed by atoms with van der Waals surface area (Å²) in [7, 11) is 0. The minimum atomic E-state index is -0.736. The Kier molecular flexibility index (Phi) is 5.05. The molecule has 0 spiro atoms. The van der Waals surface area contributed by atoms with Gasteiger partial charge >= 0.3 is 0 Å². The smallest absolute Gasteiger partial charge is 0.232 e. The topological polar surface area (TPSA) is 59.7 Å². The maximum atomic E-state index is 14.1. The molecule has 0 saturated carbocycles. The zero-order valence-corrected chi connectivity index (χ0v) is 17.3. The van der Waals surface area contributed by atoms with E-state index in [-0.39, 0.29) is 17.4 Å². The second-order valence-corrected chi connectivity index (χ2v) is 7.71. The first kappa shape index (κ1) is 20.1. The van der Waals surface area contributed by atoms with E-state index in [0.29, 0.717) is 12.1 Å². The van der Waals surface area contributed by atoms with Crippen molar-refractivity contribution in [1.82, 2.24) is 14.6 Å². The van der Waals surface area contributed by atoms with Crippen LogP contribution in [-0.2, 0) is 4.79 Å². The molecule has 32 heavy (non-hydrogen) atoms. The first-order valence-corrected chi connectivity index (χ1v) is 10.4. The third kappa shape index (κ3) is 3.68. The van der Waals surface area contributed by atoms with Crippen LogP contribution in [0.5, 0.6) is 5.88 Å². The fraction of sp³-hybridized carbons (Fsp3) is 0.208. The van der Waals surface area contributed by atoms with Gasteiger partial charge in [-0.3, -0.25) is 4.79 Å². The minimum absolute atomic E-state index is 0.116. The average Bonchev–Trinajstić information content (AvgIpc) is 3.41. The highest BCUT2D eigenvalue weighted by atomic mass is 19.1. The number of carbonyl (C=O) groups is 1. The lowest BCUT2D eigenvalue weighted by molar-refractivity contribution is -0.117. The number of hydrogen-bond acceptors (Lipinski definition) is 4. The lowest BCUT2D eigenvalue weighted by atomic mass is 10.1. The van der Waals surface area contributed by atoms with Gasteiger partial charge in [-0.2, -0.15) is 0 Å². The highest BCUT2D eigenvalue weighted by molar-refractivity contribution is 5.95. The Morgan fingerprint density at radius 1 is 1.06 bits per heavy atom. The maximum absolute atomic E-state index is 14.1. The molecule has 3 heterocycles. The largest absolute Gasteiger partial charge is 0.469 e. The SMILES string of the molecule is CC(Oc1ccc2ncc(-c3ccc(N4CCCC4=O)cc3)n2n1)c1cc(F)ccc1F. The number of rotatable bonds is 5. The van der Waals surface area contributed by atoms with Crippen molar-refractivity contribution in [2.24, 2.45) is 0 Å². The fourth-order valence-electron chi connectivity index (χ4n) is 3.92. The van der Waals surface area contributed by atoms with Gasteiger partial charge in [0, 0.05) is 35.8 Å². The molecule has 0 bridgehead atoms. The Bertz CT molecular complexity index is 1300. The summed E-state index contributed by atoms with van der Waals surface area (Å²) in [5, 5.41) is 4.49. The van der Waals surface area contributed by atoms with E-state index < -0.39 is 17.7 Å². The molecule has 0 radical (unpaired) electrons. The molecule has 2 aromatic heterocycles. The lowest BCUT2D eigenvalue weighted by Crippen LogP contribution is -2.23. The molecular weight excluding hydrogens is 414 g/mol. The van der Waals surface area contributed by atoms with Gasteiger partial charge in [0.2, 0.25) is 11.8 Å². The van der Waals surface area contributed by atoms with E-state index in [2.05, 4.69) is 10.1 Å². The Balaban J connectivity index is 1.42. The molecule has 0 N–H and O–H groups in total. The van der Waals surface area contributed by atoms with Gasteiger partial charge in [0.25, 0.3) is 0 Å². The van der Waals surface area contributed by atoms with Crippen molar-refractivity contribution in [3.8, 4) is 17.1 Å². The molecule has 1 saturated heterocycles. The molecule has 4 aromatic rings. The molecule has 162 valence electrons. The van der Waals surface area contributed by atoms with Crippen molar-refractivity contribution in [2.45, 2.75) is 25.9 Å². The number of halogens is 2. The predicted molar refractivity (Wildman–Crippen MR) is 115 cm³/mol. The fourth-order valence-corrected chi connectivity index (χ4v) is 3.92. The van der Waals surface area contributed by atoms with Gasteiger partial charge in [-0.25, -0.2) is 18.3 Å². The molecule has 1 aliphatic heterocycles. The van der Waals surface area contributed by atoms with Gasteiger partial charge in [0.15, 0.2) is 5.65 Å². The predicted octanol–water partition coefficient (Wildman–Crippen LogP) is 4.94. The van der Waals surface area contributed by atoms with E-state index in [1.54, 1.807) is 34.7 Å². The molecule has 1 atom stereocenters. The summed E-state index contributed by atoms with van der Waals surface area (Å²) in [5.74, 6) is -0.678. The summed E-state index contributed by atoms with van der Waals surface area (Å²) in [6.45, 7) is 2.37. The van der Waals surface area contributed by atoms with Crippen molar-refractivity contribution in [2.75, 3.05) is 11.4 Å². The average molecular weight is 434 g/mol. The van der Waals surface area contributed by atoms with Crippen LogP contribution in [0.1, 0.15) is 31.4 Å². The molecular formula is C24H20F2N4O2. The van der Waals surface area contributed by atoms with Crippen LogP contribution in [-0.4, -0.2) is 27.0 Å². The maximum Gasteiger partial charge on any atom is 0.232 e. The summed E-state index contributed by atoms with van der Waals surface area (Å²) < 4.78 is 35.0. The number of benzene rings is 2. The number of anilines is 1. The third-order valence-electron chi connectivity index (χ3n) is 5.58. The standard InChI is InChI=1S/C24H20F2N4O2/c1-15(19-13-17(25)6-9-20(19)26)32-23-11-10-22-27-14-21(30(22)28-23)16-4-7-18(8-5-16)29-12-2-3-24(29)31/h4-11,13-15H,2-3,12H2,1H3. The lowest BCUT2D eigenvalue weighted by Gasteiger charge is -2.16. The van der Waals surface area contributed by atoms with Crippen LogP contribution in [0.3, 0.4) is 0 Å². The second kappa shape index (κ2) is 8.03. The van der Waals surface area contributed by atoms with Crippen LogP contribution in [0.15, 0.2) is 60.8 Å². The molecule has 1 fully saturated rings. The molecule has 6 nitrogen and oxygen atoms in total. The van der Waals surface area contributed by atoms with Crippen molar-refractivity contribution < 1.29 is 18.3 Å². The highest BCUT2D eigenvalue weighted by Gasteiger charge is 2.22.